The van der Waals surface area contributed by atoms with E-state index >= 15 is 0 Å². The summed E-state index contributed by atoms with van der Waals surface area (Å²) >= 11 is 0. The van der Waals surface area contributed by atoms with Crippen LogP contribution in [0.5, 0.6) is 0 Å². The molecule has 0 bridgehead atoms. The van der Waals surface area contributed by atoms with Crippen LogP contribution < -0.4 is 10.6 Å². The predicted octanol–water partition coefficient (Wildman–Crippen LogP) is 0.729. The van der Waals surface area contributed by atoms with Gasteiger partial charge in [0.05, 0.1) is 17.5 Å². The minimum Gasteiger partial charge on any atom is -0.387 e. The van der Waals surface area contributed by atoms with E-state index in [2.05, 4.69) is 21.9 Å². The van der Waals surface area contributed by atoms with E-state index in [4.69, 9.17) is 0 Å². The van der Waals surface area contributed by atoms with Crippen LogP contribution in [0.4, 0.5) is 0 Å². The van der Waals surface area contributed by atoms with Crippen molar-refractivity contribution in [2.45, 2.75) is 18.4 Å². The molecular formula is C16H22N4O. The van der Waals surface area contributed by atoms with Gasteiger partial charge >= 0.3 is 0 Å². The zero-order valence-electron chi connectivity index (χ0n) is 12.1. The van der Waals surface area contributed by atoms with Crippen LogP contribution >= 0.6 is 0 Å². The summed E-state index contributed by atoms with van der Waals surface area (Å²) in [7, 11) is 0. The number of β-amino-alcohol motifs (C(OH)–C–C–N with tert-alkyl or cyclic N) is 1. The van der Waals surface area contributed by atoms with Gasteiger partial charge in [-0.2, -0.15) is 5.10 Å². The zero-order chi connectivity index (χ0) is 14.5. The van der Waals surface area contributed by atoms with E-state index < -0.39 is 5.60 Å². The number of aromatic nitrogens is 2. The summed E-state index contributed by atoms with van der Waals surface area (Å²) in [5.41, 5.74) is 1.69. The summed E-state index contributed by atoms with van der Waals surface area (Å²) in [6, 6.07) is 10.1. The van der Waals surface area contributed by atoms with E-state index in [0.29, 0.717) is 13.1 Å². The number of nitrogens with one attached hydrogen (secondary N) is 2. The summed E-state index contributed by atoms with van der Waals surface area (Å²) < 4.78 is 1.89. The minimum atomic E-state index is -0.575. The quantitative estimate of drug-likeness (QED) is 0.685. The highest BCUT2D eigenvalue weighted by Gasteiger charge is 2.30. The van der Waals surface area contributed by atoms with Gasteiger partial charge in [-0.25, -0.2) is 4.68 Å². The van der Waals surface area contributed by atoms with Crippen molar-refractivity contribution in [2.75, 3.05) is 26.2 Å². The summed E-state index contributed by atoms with van der Waals surface area (Å²) in [6.45, 7) is 3.09. The molecule has 1 aliphatic heterocycles. The van der Waals surface area contributed by atoms with Gasteiger partial charge in [0.25, 0.3) is 0 Å². The van der Waals surface area contributed by atoms with E-state index in [1.54, 1.807) is 0 Å². The van der Waals surface area contributed by atoms with Crippen LogP contribution in [-0.2, 0) is 6.42 Å². The number of benzene rings is 1. The molecule has 0 saturated carbocycles. The second-order valence-electron chi connectivity index (χ2n) is 5.71. The monoisotopic (exact) mass is 286 g/mol. The van der Waals surface area contributed by atoms with Crippen LogP contribution in [0.1, 0.15) is 12.0 Å². The van der Waals surface area contributed by atoms with E-state index in [1.165, 1.54) is 5.56 Å². The van der Waals surface area contributed by atoms with Crippen molar-refractivity contribution in [3.63, 3.8) is 0 Å². The third kappa shape index (κ3) is 3.69. The second-order valence-corrected chi connectivity index (χ2v) is 5.71. The van der Waals surface area contributed by atoms with E-state index in [-0.39, 0.29) is 0 Å². The largest absolute Gasteiger partial charge is 0.387 e. The standard InChI is InChI=1S/C16H22N4O/c21-16(7-9-18-13-16)12-17-8-6-14-10-19-20(11-14)15-4-2-1-3-5-15/h1-5,10-11,17-18,21H,6-9,12-13H2. The minimum absolute atomic E-state index is 0.575. The van der Waals surface area contributed by atoms with Crippen LogP contribution in [0.15, 0.2) is 42.7 Å². The first kappa shape index (κ1) is 14.3. The summed E-state index contributed by atoms with van der Waals surface area (Å²) in [5.74, 6) is 0. The van der Waals surface area contributed by atoms with Crippen LogP contribution in [0, 0.1) is 0 Å². The van der Waals surface area contributed by atoms with Gasteiger partial charge in [0, 0.05) is 19.3 Å². The summed E-state index contributed by atoms with van der Waals surface area (Å²) in [4.78, 5) is 0. The lowest BCUT2D eigenvalue weighted by Crippen LogP contribution is -2.42. The Morgan fingerprint density at radius 2 is 2.19 bits per heavy atom. The number of rotatable bonds is 6. The van der Waals surface area contributed by atoms with Crippen molar-refractivity contribution >= 4 is 0 Å². The van der Waals surface area contributed by atoms with Gasteiger partial charge in [0.2, 0.25) is 0 Å². The lowest BCUT2D eigenvalue weighted by molar-refractivity contribution is 0.0615. The molecule has 1 aromatic heterocycles. The number of para-hydroxylation sites is 1. The molecule has 21 heavy (non-hydrogen) atoms. The van der Waals surface area contributed by atoms with Crippen molar-refractivity contribution in [1.29, 1.82) is 0 Å². The molecular weight excluding hydrogens is 264 g/mol. The molecule has 2 heterocycles. The lowest BCUT2D eigenvalue weighted by atomic mass is 10.0. The Labute approximate surface area is 125 Å². The first-order valence-electron chi connectivity index (χ1n) is 7.48. The molecule has 1 atom stereocenters. The third-order valence-electron chi connectivity index (χ3n) is 3.92. The van der Waals surface area contributed by atoms with Gasteiger partial charge in [-0.15, -0.1) is 0 Å². The van der Waals surface area contributed by atoms with E-state index in [1.807, 2.05) is 41.2 Å². The van der Waals surface area contributed by atoms with Crippen LogP contribution in [0.2, 0.25) is 0 Å². The molecule has 1 saturated heterocycles. The highest BCUT2D eigenvalue weighted by molar-refractivity contribution is 5.30. The maximum Gasteiger partial charge on any atom is 0.0907 e. The van der Waals surface area contributed by atoms with Crippen LogP contribution in [0.3, 0.4) is 0 Å². The first-order chi connectivity index (χ1) is 10.3. The predicted molar refractivity (Wildman–Crippen MR) is 82.6 cm³/mol. The van der Waals surface area contributed by atoms with Crippen molar-refractivity contribution in [1.82, 2.24) is 20.4 Å². The maximum absolute atomic E-state index is 10.2. The number of hydrogen-bond donors (Lipinski definition) is 3. The molecule has 0 aliphatic carbocycles. The second kappa shape index (κ2) is 6.39. The molecule has 3 N–H and O–H groups in total. The highest BCUT2D eigenvalue weighted by atomic mass is 16.3. The Hall–Kier alpha value is -1.69. The molecule has 0 radical (unpaired) electrons. The SMILES string of the molecule is OC1(CNCCc2cnn(-c3ccccc3)c2)CCNC1. The van der Waals surface area contributed by atoms with Gasteiger partial charge in [-0.1, -0.05) is 18.2 Å². The fraction of sp³-hybridized carbons (Fsp3) is 0.438. The number of hydrogen-bond acceptors (Lipinski definition) is 4. The smallest absolute Gasteiger partial charge is 0.0907 e. The Balaban J connectivity index is 1.47. The Morgan fingerprint density at radius 1 is 1.33 bits per heavy atom. The Morgan fingerprint density at radius 3 is 2.95 bits per heavy atom. The van der Waals surface area contributed by atoms with Gasteiger partial charge < -0.3 is 15.7 Å². The van der Waals surface area contributed by atoms with Gasteiger partial charge in [-0.3, -0.25) is 0 Å². The van der Waals surface area contributed by atoms with Crippen molar-refractivity contribution in [2.24, 2.45) is 0 Å². The molecule has 0 amide bonds. The number of nitrogens with zero attached hydrogens (tertiary/aromatic N) is 2. The summed E-state index contributed by atoms with van der Waals surface area (Å²) in [6.07, 6.45) is 5.70. The zero-order valence-corrected chi connectivity index (χ0v) is 12.1. The Bertz CT molecular complexity index is 561. The van der Waals surface area contributed by atoms with Gasteiger partial charge in [0.15, 0.2) is 0 Å². The average molecular weight is 286 g/mol. The van der Waals surface area contributed by atoms with Crippen molar-refractivity contribution in [3.05, 3.63) is 48.3 Å². The average Bonchev–Trinajstić information content (AvgIpc) is 3.14. The van der Waals surface area contributed by atoms with E-state index in [0.717, 1.165) is 31.6 Å². The normalized spacial score (nSPS) is 21.8. The van der Waals surface area contributed by atoms with E-state index in [9.17, 15) is 5.11 Å². The molecule has 1 aromatic carbocycles. The highest BCUT2D eigenvalue weighted by Crippen LogP contribution is 2.12. The van der Waals surface area contributed by atoms with Crippen molar-refractivity contribution in [3.8, 4) is 5.69 Å². The first-order valence-corrected chi connectivity index (χ1v) is 7.48. The van der Waals surface area contributed by atoms with Crippen LogP contribution in [0.25, 0.3) is 5.69 Å². The molecule has 112 valence electrons. The van der Waals surface area contributed by atoms with Crippen molar-refractivity contribution < 1.29 is 5.11 Å². The topological polar surface area (TPSA) is 62.1 Å². The van der Waals surface area contributed by atoms with Gasteiger partial charge in [-0.05, 0) is 43.6 Å². The third-order valence-corrected chi connectivity index (χ3v) is 3.92. The fourth-order valence-electron chi connectivity index (χ4n) is 2.65. The molecule has 3 rings (SSSR count). The molecule has 0 spiro atoms. The molecule has 5 nitrogen and oxygen atoms in total. The molecule has 5 heteroatoms. The Kier molecular flexibility index (Phi) is 4.34. The number of aliphatic hydroxyl groups is 1. The summed E-state index contributed by atoms with van der Waals surface area (Å²) in [5, 5.41) is 21.1. The molecule has 1 aliphatic rings. The van der Waals surface area contributed by atoms with Gasteiger partial charge in [0.1, 0.15) is 0 Å². The maximum atomic E-state index is 10.2. The molecule has 1 unspecified atom stereocenters. The fourth-order valence-corrected chi connectivity index (χ4v) is 2.65. The lowest BCUT2D eigenvalue weighted by Gasteiger charge is -2.21. The molecule has 1 fully saturated rings. The van der Waals surface area contributed by atoms with Crippen LogP contribution in [-0.4, -0.2) is 46.7 Å². The molecule has 2 aromatic rings.